The monoisotopic (exact) mass is 397 g/mol. The first kappa shape index (κ1) is 21.3. The molecule has 0 unspecified atom stereocenters. The SMILES string of the molecule is Cc1ccc(S(=O)(=O)N2CCCCC2)cc1S(=O)(=O)NCCN.Cl. The highest BCUT2D eigenvalue weighted by atomic mass is 35.5. The third-order valence-corrected chi connectivity index (χ3v) is 7.34. The second kappa shape index (κ2) is 8.59. The van der Waals surface area contributed by atoms with Crippen LogP contribution in [-0.2, 0) is 20.0 Å². The Balaban J connectivity index is 0.00000288. The van der Waals surface area contributed by atoms with Crippen molar-refractivity contribution in [2.24, 2.45) is 5.73 Å². The minimum atomic E-state index is -3.78. The molecule has 0 saturated carbocycles. The summed E-state index contributed by atoms with van der Waals surface area (Å²) in [6.45, 7) is 2.86. The average molecular weight is 398 g/mol. The van der Waals surface area contributed by atoms with Gasteiger partial charge in [-0.3, -0.25) is 0 Å². The predicted octanol–water partition coefficient (Wildman–Crippen LogP) is 0.828. The van der Waals surface area contributed by atoms with Crippen molar-refractivity contribution in [3.63, 3.8) is 0 Å². The van der Waals surface area contributed by atoms with Crippen LogP contribution in [0.4, 0.5) is 0 Å². The number of hydrogen-bond acceptors (Lipinski definition) is 5. The van der Waals surface area contributed by atoms with E-state index in [0.717, 1.165) is 19.3 Å². The second-order valence-corrected chi connectivity index (χ2v) is 9.25. The molecule has 1 fully saturated rings. The van der Waals surface area contributed by atoms with Gasteiger partial charge in [0.25, 0.3) is 0 Å². The van der Waals surface area contributed by atoms with Gasteiger partial charge in [-0.25, -0.2) is 21.6 Å². The molecule has 0 bridgehead atoms. The molecule has 1 saturated heterocycles. The third kappa shape index (κ3) is 4.68. The van der Waals surface area contributed by atoms with Crippen molar-refractivity contribution < 1.29 is 16.8 Å². The van der Waals surface area contributed by atoms with Gasteiger partial charge < -0.3 is 5.73 Å². The second-order valence-electron chi connectivity index (χ2n) is 5.58. The van der Waals surface area contributed by atoms with Gasteiger partial charge >= 0.3 is 0 Å². The number of hydrogen-bond donors (Lipinski definition) is 2. The minimum Gasteiger partial charge on any atom is -0.329 e. The fraction of sp³-hybridized carbons (Fsp3) is 0.571. The molecule has 0 aliphatic carbocycles. The number of benzene rings is 1. The van der Waals surface area contributed by atoms with Crippen LogP contribution < -0.4 is 10.5 Å². The lowest BCUT2D eigenvalue weighted by molar-refractivity contribution is 0.346. The lowest BCUT2D eigenvalue weighted by Gasteiger charge is -2.26. The molecule has 1 aromatic rings. The highest BCUT2D eigenvalue weighted by Crippen LogP contribution is 2.24. The topological polar surface area (TPSA) is 110 Å². The Kier molecular flexibility index (Phi) is 7.64. The van der Waals surface area contributed by atoms with Gasteiger partial charge in [-0.15, -0.1) is 12.4 Å². The molecule has 1 aromatic carbocycles. The average Bonchev–Trinajstić information content (AvgIpc) is 2.54. The number of sulfonamides is 2. The lowest BCUT2D eigenvalue weighted by atomic mass is 10.2. The first-order valence-corrected chi connectivity index (χ1v) is 10.5. The summed E-state index contributed by atoms with van der Waals surface area (Å²) in [5, 5.41) is 0. The number of piperidine rings is 1. The van der Waals surface area contributed by atoms with E-state index in [9.17, 15) is 16.8 Å². The lowest BCUT2D eigenvalue weighted by Crippen LogP contribution is -2.36. The van der Waals surface area contributed by atoms with E-state index >= 15 is 0 Å². The summed E-state index contributed by atoms with van der Waals surface area (Å²) in [4.78, 5) is -0.0119. The smallest absolute Gasteiger partial charge is 0.243 e. The van der Waals surface area contributed by atoms with Crippen molar-refractivity contribution in [3.05, 3.63) is 23.8 Å². The van der Waals surface area contributed by atoms with Crippen LogP contribution in [0.3, 0.4) is 0 Å². The highest BCUT2D eigenvalue weighted by molar-refractivity contribution is 7.90. The van der Waals surface area contributed by atoms with Crippen LogP contribution in [0.25, 0.3) is 0 Å². The van der Waals surface area contributed by atoms with E-state index in [1.807, 2.05) is 0 Å². The number of halogens is 1. The van der Waals surface area contributed by atoms with Crippen LogP contribution in [0.15, 0.2) is 28.0 Å². The Morgan fingerprint density at radius 3 is 2.33 bits per heavy atom. The van der Waals surface area contributed by atoms with E-state index in [1.54, 1.807) is 6.92 Å². The van der Waals surface area contributed by atoms with E-state index in [2.05, 4.69) is 4.72 Å². The van der Waals surface area contributed by atoms with Gasteiger partial charge in [0, 0.05) is 26.2 Å². The summed E-state index contributed by atoms with van der Waals surface area (Å²) in [6.07, 6.45) is 2.67. The van der Waals surface area contributed by atoms with Gasteiger partial charge in [-0.05, 0) is 37.5 Å². The first-order chi connectivity index (χ1) is 10.8. The van der Waals surface area contributed by atoms with Crippen molar-refractivity contribution in [3.8, 4) is 0 Å². The maximum absolute atomic E-state index is 12.7. The number of rotatable bonds is 6. The van der Waals surface area contributed by atoms with Gasteiger partial charge in [0.1, 0.15) is 0 Å². The summed E-state index contributed by atoms with van der Waals surface area (Å²) in [6, 6.07) is 4.22. The Morgan fingerprint density at radius 2 is 1.75 bits per heavy atom. The van der Waals surface area contributed by atoms with E-state index in [0.29, 0.717) is 18.7 Å². The zero-order chi connectivity index (χ0) is 17.1. The molecule has 3 N–H and O–H groups in total. The Bertz CT molecular complexity index is 760. The molecule has 7 nitrogen and oxygen atoms in total. The number of nitrogens with one attached hydrogen (secondary N) is 1. The molecule has 0 radical (unpaired) electrons. The van der Waals surface area contributed by atoms with E-state index in [-0.39, 0.29) is 35.3 Å². The molecule has 0 aromatic heterocycles. The van der Waals surface area contributed by atoms with Crippen LogP contribution >= 0.6 is 12.4 Å². The fourth-order valence-electron chi connectivity index (χ4n) is 2.56. The van der Waals surface area contributed by atoms with Crippen LogP contribution in [0.1, 0.15) is 24.8 Å². The molecule has 1 aliphatic rings. The molecule has 10 heteroatoms. The van der Waals surface area contributed by atoms with Gasteiger partial charge in [0.05, 0.1) is 9.79 Å². The Labute approximate surface area is 150 Å². The van der Waals surface area contributed by atoms with E-state index in [4.69, 9.17) is 5.73 Å². The Hall–Kier alpha value is -0.710. The molecule has 0 atom stereocenters. The van der Waals surface area contributed by atoms with Crippen molar-refractivity contribution in [2.45, 2.75) is 36.0 Å². The third-order valence-electron chi connectivity index (χ3n) is 3.84. The van der Waals surface area contributed by atoms with Gasteiger partial charge in [-0.2, -0.15) is 4.31 Å². The summed E-state index contributed by atoms with van der Waals surface area (Å²) in [5.41, 5.74) is 5.81. The van der Waals surface area contributed by atoms with Crippen LogP contribution in [0, 0.1) is 6.92 Å². The molecule has 24 heavy (non-hydrogen) atoms. The molecule has 0 spiro atoms. The van der Waals surface area contributed by atoms with E-state index < -0.39 is 20.0 Å². The molecule has 2 rings (SSSR count). The van der Waals surface area contributed by atoms with Gasteiger partial charge in [0.2, 0.25) is 20.0 Å². The molecule has 1 heterocycles. The van der Waals surface area contributed by atoms with Crippen LogP contribution in [0.5, 0.6) is 0 Å². The Morgan fingerprint density at radius 1 is 1.12 bits per heavy atom. The maximum atomic E-state index is 12.7. The maximum Gasteiger partial charge on any atom is 0.243 e. The molecule has 1 aliphatic heterocycles. The molecular formula is C14H24ClN3O4S2. The van der Waals surface area contributed by atoms with Crippen molar-refractivity contribution in [1.29, 1.82) is 0 Å². The summed E-state index contributed by atoms with van der Waals surface area (Å²) in [7, 11) is -7.45. The van der Waals surface area contributed by atoms with Crippen molar-refractivity contribution in [2.75, 3.05) is 26.2 Å². The summed E-state index contributed by atoms with van der Waals surface area (Å²) in [5.74, 6) is 0. The molecule has 138 valence electrons. The normalized spacial score (nSPS) is 16.6. The van der Waals surface area contributed by atoms with Gasteiger partial charge in [-0.1, -0.05) is 12.5 Å². The fourth-order valence-corrected chi connectivity index (χ4v) is 5.49. The quantitative estimate of drug-likeness (QED) is 0.738. The molecular weight excluding hydrogens is 374 g/mol. The number of nitrogens with two attached hydrogens (primary N) is 1. The highest BCUT2D eigenvalue weighted by Gasteiger charge is 2.28. The standard InChI is InChI=1S/C14H23N3O4S2.ClH/c1-12-5-6-13(11-14(12)22(18,19)16-8-7-15)23(20,21)17-9-3-2-4-10-17;/h5-6,11,16H,2-4,7-10,15H2,1H3;1H. The zero-order valence-electron chi connectivity index (χ0n) is 13.6. The minimum absolute atomic E-state index is 0. The van der Waals surface area contributed by atoms with E-state index in [1.165, 1.54) is 22.5 Å². The van der Waals surface area contributed by atoms with Crippen molar-refractivity contribution >= 4 is 32.5 Å². The van der Waals surface area contributed by atoms with Crippen molar-refractivity contribution in [1.82, 2.24) is 9.03 Å². The zero-order valence-corrected chi connectivity index (χ0v) is 16.0. The molecule has 0 amide bonds. The summed E-state index contributed by atoms with van der Waals surface area (Å²) < 4.78 is 53.7. The largest absolute Gasteiger partial charge is 0.329 e. The van der Waals surface area contributed by atoms with Crippen LogP contribution in [-0.4, -0.2) is 47.3 Å². The first-order valence-electron chi connectivity index (χ1n) is 7.59. The number of aryl methyl sites for hydroxylation is 1. The van der Waals surface area contributed by atoms with Gasteiger partial charge in [0.15, 0.2) is 0 Å². The predicted molar refractivity (Wildman–Crippen MR) is 95.3 cm³/mol. The van der Waals surface area contributed by atoms with Crippen LogP contribution in [0.2, 0.25) is 0 Å². The number of nitrogens with zero attached hydrogens (tertiary/aromatic N) is 1. The summed E-state index contributed by atoms with van der Waals surface area (Å²) >= 11 is 0.